The molecule has 0 saturated heterocycles. The van der Waals surface area contributed by atoms with Gasteiger partial charge in [-0.05, 0) is 24.6 Å². The SMILES string of the molecule is CCCCCCOCc1cc(C#N)ccc1F. The Morgan fingerprint density at radius 2 is 2.12 bits per heavy atom. The number of unbranched alkanes of at least 4 members (excludes halogenated alkanes) is 3. The summed E-state index contributed by atoms with van der Waals surface area (Å²) in [7, 11) is 0. The summed E-state index contributed by atoms with van der Waals surface area (Å²) >= 11 is 0. The molecule has 0 unspecified atom stereocenters. The van der Waals surface area contributed by atoms with E-state index >= 15 is 0 Å². The number of hydrogen-bond donors (Lipinski definition) is 0. The number of hydrogen-bond acceptors (Lipinski definition) is 2. The van der Waals surface area contributed by atoms with Crippen LogP contribution in [0.5, 0.6) is 0 Å². The predicted octanol–water partition coefficient (Wildman–Crippen LogP) is 3.79. The molecule has 1 aromatic rings. The fourth-order valence-electron chi connectivity index (χ4n) is 1.57. The molecule has 0 radical (unpaired) electrons. The molecule has 92 valence electrons. The largest absolute Gasteiger partial charge is 0.377 e. The quantitative estimate of drug-likeness (QED) is 0.673. The van der Waals surface area contributed by atoms with Gasteiger partial charge in [0, 0.05) is 12.2 Å². The number of benzene rings is 1. The second kappa shape index (κ2) is 7.81. The second-order valence-corrected chi connectivity index (χ2v) is 4.03. The van der Waals surface area contributed by atoms with E-state index in [0.29, 0.717) is 17.7 Å². The molecule has 0 fully saturated rings. The van der Waals surface area contributed by atoms with Crippen LogP contribution in [0.4, 0.5) is 4.39 Å². The predicted molar refractivity (Wildman–Crippen MR) is 64.9 cm³/mol. The maximum atomic E-state index is 13.3. The Morgan fingerprint density at radius 1 is 1.29 bits per heavy atom. The van der Waals surface area contributed by atoms with E-state index in [-0.39, 0.29) is 12.4 Å². The van der Waals surface area contributed by atoms with Gasteiger partial charge >= 0.3 is 0 Å². The lowest BCUT2D eigenvalue weighted by molar-refractivity contribution is 0.114. The number of ether oxygens (including phenoxy) is 1. The summed E-state index contributed by atoms with van der Waals surface area (Å²) in [4.78, 5) is 0. The molecule has 1 rings (SSSR count). The van der Waals surface area contributed by atoms with Crippen LogP contribution in [0.15, 0.2) is 18.2 Å². The summed E-state index contributed by atoms with van der Waals surface area (Å²) in [5.74, 6) is -0.308. The first kappa shape index (κ1) is 13.7. The van der Waals surface area contributed by atoms with Gasteiger partial charge in [-0.3, -0.25) is 0 Å². The molecule has 1 aromatic carbocycles. The maximum Gasteiger partial charge on any atom is 0.128 e. The Labute approximate surface area is 102 Å². The average Bonchev–Trinajstić information content (AvgIpc) is 2.35. The third-order valence-electron chi connectivity index (χ3n) is 2.57. The molecule has 0 spiro atoms. The molecule has 0 aliphatic rings. The summed E-state index contributed by atoms with van der Waals surface area (Å²) in [5.41, 5.74) is 0.926. The zero-order valence-electron chi connectivity index (χ0n) is 10.2. The third kappa shape index (κ3) is 4.97. The highest BCUT2D eigenvalue weighted by Crippen LogP contribution is 2.11. The molecule has 2 nitrogen and oxygen atoms in total. The number of nitrogens with zero attached hydrogens (tertiary/aromatic N) is 1. The van der Waals surface area contributed by atoms with Crippen LogP contribution in [0.25, 0.3) is 0 Å². The molecule has 0 heterocycles. The van der Waals surface area contributed by atoms with Crippen molar-refractivity contribution in [1.82, 2.24) is 0 Å². The van der Waals surface area contributed by atoms with Crippen molar-refractivity contribution >= 4 is 0 Å². The normalized spacial score (nSPS) is 10.2. The minimum absolute atomic E-state index is 0.244. The second-order valence-electron chi connectivity index (χ2n) is 4.03. The van der Waals surface area contributed by atoms with Gasteiger partial charge in [0.15, 0.2) is 0 Å². The molecule has 17 heavy (non-hydrogen) atoms. The van der Waals surface area contributed by atoms with Gasteiger partial charge in [-0.2, -0.15) is 5.26 Å². The smallest absolute Gasteiger partial charge is 0.128 e. The highest BCUT2D eigenvalue weighted by molar-refractivity contribution is 5.33. The van der Waals surface area contributed by atoms with Crippen LogP contribution in [0.1, 0.15) is 43.7 Å². The molecule has 0 N–H and O–H groups in total. The van der Waals surface area contributed by atoms with Gasteiger partial charge in [0.05, 0.1) is 18.2 Å². The number of rotatable bonds is 7. The fraction of sp³-hybridized carbons (Fsp3) is 0.500. The molecule has 0 aromatic heterocycles. The van der Waals surface area contributed by atoms with Crippen LogP contribution in [0.3, 0.4) is 0 Å². The van der Waals surface area contributed by atoms with Crippen molar-refractivity contribution in [3.8, 4) is 6.07 Å². The van der Waals surface area contributed by atoms with Crippen LogP contribution >= 0.6 is 0 Å². The lowest BCUT2D eigenvalue weighted by Gasteiger charge is -2.05. The monoisotopic (exact) mass is 235 g/mol. The first-order chi connectivity index (χ1) is 8.27. The molecule has 0 aliphatic heterocycles. The molecule has 0 amide bonds. The summed E-state index contributed by atoms with van der Waals surface area (Å²) < 4.78 is 18.7. The Morgan fingerprint density at radius 3 is 2.82 bits per heavy atom. The van der Waals surface area contributed by atoms with E-state index in [9.17, 15) is 4.39 Å². The minimum Gasteiger partial charge on any atom is -0.377 e. The van der Waals surface area contributed by atoms with E-state index in [1.165, 1.54) is 25.0 Å². The average molecular weight is 235 g/mol. The van der Waals surface area contributed by atoms with Crippen molar-refractivity contribution in [2.45, 2.75) is 39.2 Å². The number of nitriles is 1. The molecular weight excluding hydrogens is 217 g/mol. The van der Waals surface area contributed by atoms with E-state index < -0.39 is 0 Å². The molecule has 0 aliphatic carbocycles. The van der Waals surface area contributed by atoms with Gasteiger partial charge in [0.25, 0.3) is 0 Å². The van der Waals surface area contributed by atoms with E-state index in [1.807, 2.05) is 6.07 Å². The zero-order valence-corrected chi connectivity index (χ0v) is 10.2. The van der Waals surface area contributed by atoms with Crippen LogP contribution < -0.4 is 0 Å². The van der Waals surface area contributed by atoms with Crippen LogP contribution in [-0.2, 0) is 11.3 Å². The topological polar surface area (TPSA) is 33.0 Å². The Hall–Kier alpha value is -1.40. The van der Waals surface area contributed by atoms with Crippen molar-refractivity contribution < 1.29 is 9.13 Å². The van der Waals surface area contributed by atoms with E-state index in [1.54, 1.807) is 6.07 Å². The van der Waals surface area contributed by atoms with Gasteiger partial charge in [-0.1, -0.05) is 26.2 Å². The Bertz CT molecular complexity index is 384. The van der Waals surface area contributed by atoms with Gasteiger partial charge < -0.3 is 4.74 Å². The Kier molecular flexibility index (Phi) is 6.27. The lowest BCUT2D eigenvalue weighted by atomic mass is 10.1. The summed E-state index contributed by atoms with van der Waals surface area (Å²) in [6, 6.07) is 6.32. The highest BCUT2D eigenvalue weighted by Gasteiger charge is 2.03. The Balaban J connectivity index is 2.33. The van der Waals surface area contributed by atoms with Crippen molar-refractivity contribution in [2.24, 2.45) is 0 Å². The molecule has 0 bridgehead atoms. The van der Waals surface area contributed by atoms with Gasteiger partial charge in [-0.15, -0.1) is 0 Å². The van der Waals surface area contributed by atoms with Gasteiger partial charge in [-0.25, -0.2) is 4.39 Å². The molecular formula is C14H18FNO. The van der Waals surface area contributed by atoms with Gasteiger partial charge in [0.2, 0.25) is 0 Å². The van der Waals surface area contributed by atoms with Crippen molar-refractivity contribution in [1.29, 1.82) is 5.26 Å². The zero-order chi connectivity index (χ0) is 12.5. The third-order valence-corrected chi connectivity index (χ3v) is 2.57. The number of halogens is 1. The van der Waals surface area contributed by atoms with Gasteiger partial charge in [0.1, 0.15) is 5.82 Å². The van der Waals surface area contributed by atoms with Crippen molar-refractivity contribution in [3.05, 3.63) is 35.1 Å². The lowest BCUT2D eigenvalue weighted by Crippen LogP contribution is -1.98. The van der Waals surface area contributed by atoms with E-state index in [4.69, 9.17) is 10.00 Å². The molecule has 3 heteroatoms. The van der Waals surface area contributed by atoms with E-state index in [0.717, 1.165) is 12.8 Å². The highest BCUT2D eigenvalue weighted by atomic mass is 19.1. The minimum atomic E-state index is -0.308. The van der Waals surface area contributed by atoms with Crippen LogP contribution in [0.2, 0.25) is 0 Å². The van der Waals surface area contributed by atoms with Crippen LogP contribution in [-0.4, -0.2) is 6.61 Å². The summed E-state index contributed by atoms with van der Waals surface area (Å²) in [6.07, 6.45) is 4.56. The summed E-state index contributed by atoms with van der Waals surface area (Å²) in [5, 5.41) is 8.71. The molecule has 0 saturated carbocycles. The van der Waals surface area contributed by atoms with Crippen molar-refractivity contribution in [2.75, 3.05) is 6.61 Å². The first-order valence-electron chi connectivity index (χ1n) is 6.04. The van der Waals surface area contributed by atoms with Crippen molar-refractivity contribution in [3.63, 3.8) is 0 Å². The van der Waals surface area contributed by atoms with Crippen LogP contribution in [0, 0.1) is 17.1 Å². The first-order valence-corrected chi connectivity index (χ1v) is 6.04. The maximum absolute atomic E-state index is 13.3. The molecule has 0 atom stereocenters. The summed E-state index contributed by atoms with van der Waals surface area (Å²) in [6.45, 7) is 3.05. The fourth-order valence-corrected chi connectivity index (χ4v) is 1.57. The van der Waals surface area contributed by atoms with E-state index in [2.05, 4.69) is 6.92 Å². The standard InChI is InChI=1S/C14H18FNO/c1-2-3-4-5-8-17-11-13-9-12(10-16)6-7-14(13)15/h6-7,9H,2-5,8,11H2,1H3.